The number of fused-ring (bicyclic) bond motifs is 1. The highest BCUT2D eigenvalue weighted by Gasteiger charge is 2.22. The van der Waals surface area contributed by atoms with Gasteiger partial charge in [0.2, 0.25) is 5.91 Å². The summed E-state index contributed by atoms with van der Waals surface area (Å²) in [5.74, 6) is -0.307. The fraction of sp³-hybridized carbons (Fsp3) is 0.118. The summed E-state index contributed by atoms with van der Waals surface area (Å²) >= 11 is 2.44. The molecule has 0 bridgehead atoms. The molecular formula is C17H15N5O3S3. The number of hydrogen-bond acceptors (Lipinski definition) is 7. The number of benzene rings is 1. The molecule has 0 saturated heterocycles. The molecule has 4 aromatic rings. The van der Waals surface area contributed by atoms with Crippen LogP contribution in [0.3, 0.4) is 0 Å². The minimum absolute atomic E-state index is 0.0594. The Hall–Kier alpha value is -2.76. The van der Waals surface area contributed by atoms with E-state index < -0.39 is 10.0 Å². The summed E-state index contributed by atoms with van der Waals surface area (Å²) in [6.07, 6.45) is 3.81. The van der Waals surface area contributed by atoms with Crippen LogP contribution in [0.5, 0.6) is 0 Å². The van der Waals surface area contributed by atoms with Crippen LogP contribution in [-0.2, 0) is 14.8 Å². The number of thiazole rings is 2. The first-order valence-electron chi connectivity index (χ1n) is 8.12. The van der Waals surface area contributed by atoms with Gasteiger partial charge in [-0.3, -0.25) is 13.9 Å². The quantitative estimate of drug-likeness (QED) is 0.500. The number of rotatable bonds is 5. The molecule has 0 atom stereocenters. The number of anilines is 2. The van der Waals surface area contributed by atoms with Gasteiger partial charge >= 0.3 is 0 Å². The van der Waals surface area contributed by atoms with Gasteiger partial charge < -0.3 is 5.32 Å². The zero-order valence-corrected chi connectivity index (χ0v) is 17.3. The molecule has 0 fully saturated rings. The van der Waals surface area contributed by atoms with E-state index in [1.54, 1.807) is 25.1 Å². The molecule has 8 nitrogen and oxygen atoms in total. The molecule has 4 rings (SSSR count). The summed E-state index contributed by atoms with van der Waals surface area (Å²) in [6.45, 7) is 2.93. The molecule has 0 aliphatic carbocycles. The lowest BCUT2D eigenvalue weighted by molar-refractivity contribution is -0.114. The lowest BCUT2D eigenvalue weighted by Gasteiger charge is -2.08. The Kier molecular flexibility index (Phi) is 4.65. The lowest BCUT2D eigenvalue weighted by atomic mass is 10.1. The van der Waals surface area contributed by atoms with Gasteiger partial charge in [-0.1, -0.05) is 23.5 Å². The number of nitrogens with one attached hydrogen (secondary N) is 2. The number of aromatic nitrogens is 3. The van der Waals surface area contributed by atoms with Gasteiger partial charge in [0, 0.05) is 35.9 Å². The normalized spacial score (nSPS) is 11.6. The van der Waals surface area contributed by atoms with Crippen LogP contribution >= 0.6 is 22.7 Å². The van der Waals surface area contributed by atoms with E-state index in [9.17, 15) is 13.2 Å². The van der Waals surface area contributed by atoms with Crippen LogP contribution < -0.4 is 10.0 Å². The third-order valence-corrected chi connectivity index (χ3v) is 7.62. The van der Waals surface area contributed by atoms with Crippen LogP contribution in [0.25, 0.3) is 16.2 Å². The number of sulfonamides is 1. The molecule has 1 aromatic carbocycles. The maximum Gasteiger partial charge on any atom is 0.273 e. The Morgan fingerprint density at radius 1 is 1.25 bits per heavy atom. The number of carbonyl (C=O) groups is 1. The summed E-state index contributed by atoms with van der Waals surface area (Å²) in [7, 11) is -3.84. The number of hydrogen-bond donors (Lipinski definition) is 2. The SMILES string of the molecule is CC(=O)Nc1nc(C)c(S(=O)(=O)Nc2cccc(-c3cn4ccsc4n3)c2)s1. The van der Waals surface area contributed by atoms with E-state index in [1.807, 2.05) is 28.2 Å². The third kappa shape index (κ3) is 3.63. The molecule has 3 heterocycles. The fourth-order valence-electron chi connectivity index (χ4n) is 2.65. The van der Waals surface area contributed by atoms with Gasteiger partial charge in [0.25, 0.3) is 10.0 Å². The lowest BCUT2D eigenvalue weighted by Crippen LogP contribution is -2.12. The molecule has 0 spiro atoms. The molecule has 0 radical (unpaired) electrons. The van der Waals surface area contributed by atoms with Crippen molar-refractivity contribution in [3.8, 4) is 11.3 Å². The smallest absolute Gasteiger partial charge is 0.273 e. The number of imidazole rings is 1. The summed E-state index contributed by atoms with van der Waals surface area (Å²) in [5.41, 5.74) is 2.31. The van der Waals surface area contributed by atoms with E-state index in [4.69, 9.17) is 0 Å². The van der Waals surface area contributed by atoms with Crippen LogP contribution in [0.15, 0.2) is 46.2 Å². The molecule has 0 saturated carbocycles. The van der Waals surface area contributed by atoms with Gasteiger partial charge in [-0.05, 0) is 19.1 Å². The highest BCUT2D eigenvalue weighted by molar-refractivity contribution is 7.94. The average Bonchev–Trinajstić information content (AvgIpc) is 3.28. The molecule has 2 N–H and O–H groups in total. The maximum absolute atomic E-state index is 12.8. The number of amides is 1. The first kappa shape index (κ1) is 18.6. The fourth-order valence-corrected chi connectivity index (χ4v) is 5.86. The summed E-state index contributed by atoms with van der Waals surface area (Å²) in [6, 6.07) is 7.04. The summed E-state index contributed by atoms with van der Waals surface area (Å²) in [5, 5.41) is 4.70. The second-order valence-electron chi connectivity index (χ2n) is 5.98. The van der Waals surface area contributed by atoms with Crippen molar-refractivity contribution in [1.29, 1.82) is 0 Å². The van der Waals surface area contributed by atoms with Crippen LogP contribution in [-0.4, -0.2) is 28.7 Å². The second-order valence-corrected chi connectivity index (χ2v) is 9.73. The van der Waals surface area contributed by atoms with Crippen molar-refractivity contribution in [3.63, 3.8) is 0 Å². The summed E-state index contributed by atoms with van der Waals surface area (Å²) in [4.78, 5) is 20.7. The van der Waals surface area contributed by atoms with Crippen LogP contribution in [0.4, 0.5) is 10.8 Å². The van der Waals surface area contributed by atoms with E-state index >= 15 is 0 Å². The molecule has 28 heavy (non-hydrogen) atoms. The highest BCUT2D eigenvalue weighted by atomic mass is 32.2. The molecule has 0 unspecified atom stereocenters. The predicted molar refractivity (Wildman–Crippen MR) is 110 cm³/mol. The number of carbonyl (C=O) groups excluding carboxylic acids is 1. The van der Waals surface area contributed by atoms with Gasteiger partial charge in [-0.15, -0.1) is 11.3 Å². The monoisotopic (exact) mass is 433 g/mol. The Morgan fingerprint density at radius 3 is 2.82 bits per heavy atom. The number of aryl methyl sites for hydroxylation is 1. The standard InChI is InChI=1S/C17H15N5O3S3/c1-10-15(27-16(18-10)19-11(2)23)28(24,25)21-13-5-3-4-12(8-13)14-9-22-6-7-26-17(22)20-14/h3-9,21H,1-2H3,(H,18,19,23). The number of nitrogens with zero attached hydrogens (tertiary/aromatic N) is 3. The maximum atomic E-state index is 12.8. The predicted octanol–water partition coefficient (Wildman–Crippen LogP) is 3.59. The van der Waals surface area contributed by atoms with Crippen molar-refractivity contribution in [1.82, 2.24) is 14.4 Å². The van der Waals surface area contributed by atoms with Crippen LogP contribution in [0.2, 0.25) is 0 Å². The molecule has 0 aliphatic heterocycles. The highest BCUT2D eigenvalue weighted by Crippen LogP contribution is 2.30. The van der Waals surface area contributed by atoms with Crippen LogP contribution in [0.1, 0.15) is 12.6 Å². The Bertz CT molecular complexity index is 1260. The molecule has 3 aromatic heterocycles. The van der Waals surface area contributed by atoms with E-state index in [0.29, 0.717) is 11.4 Å². The van der Waals surface area contributed by atoms with Gasteiger partial charge in [0.15, 0.2) is 14.3 Å². The molecule has 1 amide bonds. The van der Waals surface area contributed by atoms with E-state index in [2.05, 4.69) is 20.0 Å². The minimum atomic E-state index is -3.84. The van der Waals surface area contributed by atoms with Gasteiger partial charge in [0.05, 0.1) is 11.4 Å². The minimum Gasteiger partial charge on any atom is -0.302 e. The van der Waals surface area contributed by atoms with Crippen molar-refractivity contribution in [3.05, 3.63) is 47.7 Å². The zero-order valence-electron chi connectivity index (χ0n) is 14.8. The van der Waals surface area contributed by atoms with Gasteiger partial charge in [-0.2, -0.15) is 0 Å². The Labute approximate surface area is 169 Å². The van der Waals surface area contributed by atoms with Crippen molar-refractivity contribution < 1.29 is 13.2 Å². The average molecular weight is 434 g/mol. The van der Waals surface area contributed by atoms with Crippen molar-refractivity contribution in [2.45, 2.75) is 18.1 Å². The Balaban J connectivity index is 1.62. The van der Waals surface area contributed by atoms with Crippen molar-refractivity contribution in [2.24, 2.45) is 0 Å². The van der Waals surface area contributed by atoms with E-state index in [0.717, 1.165) is 27.6 Å². The molecule has 0 aliphatic rings. The largest absolute Gasteiger partial charge is 0.302 e. The van der Waals surface area contributed by atoms with Crippen molar-refractivity contribution in [2.75, 3.05) is 10.0 Å². The van der Waals surface area contributed by atoms with Crippen molar-refractivity contribution >= 4 is 54.4 Å². The van der Waals surface area contributed by atoms with E-state index in [1.165, 1.54) is 18.3 Å². The first-order valence-corrected chi connectivity index (χ1v) is 11.3. The zero-order chi connectivity index (χ0) is 19.9. The molecule has 144 valence electrons. The second kappa shape index (κ2) is 7.00. The summed E-state index contributed by atoms with van der Waals surface area (Å²) < 4.78 is 30.1. The third-order valence-electron chi connectivity index (χ3n) is 3.78. The molecular weight excluding hydrogens is 418 g/mol. The van der Waals surface area contributed by atoms with Crippen LogP contribution in [0, 0.1) is 6.92 Å². The Morgan fingerprint density at radius 2 is 2.07 bits per heavy atom. The van der Waals surface area contributed by atoms with E-state index in [-0.39, 0.29) is 15.2 Å². The first-order chi connectivity index (χ1) is 13.3. The molecule has 11 heteroatoms. The van der Waals surface area contributed by atoms with Gasteiger partial charge in [0.1, 0.15) is 0 Å². The van der Waals surface area contributed by atoms with Gasteiger partial charge in [-0.25, -0.2) is 18.4 Å². The topological polar surface area (TPSA) is 105 Å².